The van der Waals surface area contributed by atoms with Crippen molar-refractivity contribution in [1.82, 2.24) is 0 Å². The Morgan fingerprint density at radius 1 is 0.750 bits per heavy atom. The summed E-state index contributed by atoms with van der Waals surface area (Å²) in [7, 11) is 1.74. The van der Waals surface area contributed by atoms with Crippen LogP contribution in [0.4, 0.5) is 5.69 Å². The minimum atomic E-state index is 0.0798. The highest BCUT2D eigenvalue weighted by molar-refractivity contribution is 5.94. The van der Waals surface area contributed by atoms with Gasteiger partial charge in [-0.3, -0.25) is 4.79 Å². The van der Waals surface area contributed by atoms with E-state index in [1.807, 2.05) is 6.07 Å². The maximum absolute atomic E-state index is 12.2. The van der Waals surface area contributed by atoms with Crippen LogP contribution in [0, 0.1) is 0 Å². The molecule has 1 N–H and O–H groups in total. The van der Waals surface area contributed by atoms with Gasteiger partial charge >= 0.3 is 0 Å². The molecule has 0 saturated heterocycles. The van der Waals surface area contributed by atoms with E-state index in [0.29, 0.717) is 12.1 Å². The van der Waals surface area contributed by atoms with Crippen LogP contribution in [0.25, 0.3) is 0 Å². The molecule has 0 aliphatic rings. The smallest absolute Gasteiger partial charge is 0.226 e. The standard InChI is InChI=1S/C25H43NO2/c1-3-4-5-6-7-8-9-10-11-12-13-14-15-16-17-22-25(28)26(2)23-20-18-19-21-24(23)27/h18-21,27H,3-17,22H2,1-2H3. The Balaban J connectivity index is 1.90. The summed E-state index contributed by atoms with van der Waals surface area (Å²) in [5, 5.41) is 9.84. The largest absolute Gasteiger partial charge is 0.506 e. The summed E-state index contributed by atoms with van der Waals surface area (Å²) in [6.45, 7) is 2.27. The molecule has 0 atom stereocenters. The third-order valence-electron chi connectivity index (χ3n) is 5.61. The number of phenols is 1. The molecule has 0 heterocycles. The van der Waals surface area contributed by atoms with Gasteiger partial charge < -0.3 is 10.0 Å². The van der Waals surface area contributed by atoms with Crippen molar-refractivity contribution in [1.29, 1.82) is 0 Å². The zero-order chi connectivity index (χ0) is 20.5. The molecule has 1 rings (SSSR count). The van der Waals surface area contributed by atoms with Crippen LogP contribution in [-0.4, -0.2) is 18.1 Å². The fraction of sp³-hybridized carbons (Fsp3) is 0.720. The number of nitrogens with zero attached hydrogens (tertiary/aromatic N) is 1. The first kappa shape index (κ1) is 24.5. The van der Waals surface area contributed by atoms with Crippen LogP contribution in [0.15, 0.2) is 24.3 Å². The van der Waals surface area contributed by atoms with Gasteiger partial charge in [0.2, 0.25) is 5.91 Å². The van der Waals surface area contributed by atoms with E-state index in [2.05, 4.69) is 6.92 Å². The van der Waals surface area contributed by atoms with Gasteiger partial charge in [-0.05, 0) is 18.6 Å². The summed E-state index contributed by atoms with van der Waals surface area (Å²) in [4.78, 5) is 13.8. The summed E-state index contributed by atoms with van der Waals surface area (Å²) in [6, 6.07) is 7.00. The van der Waals surface area contributed by atoms with Crippen molar-refractivity contribution in [3.63, 3.8) is 0 Å². The second-order valence-corrected chi connectivity index (χ2v) is 8.14. The van der Waals surface area contributed by atoms with Gasteiger partial charge in [-0.25, -0.2) is 0 Å². The highest BCUT2D eigenvalue weighted by Crippen LogP contribution is 2.26. The van der Waals surface area contributed by atoms with Gasteiger partial charge in [0.15, 0.2) is 0 Å². The van der Waals surface area contributed by atoms with E-state index in [9.17, 15) is 9.90 Å². The zero-order valence-electron chi connectivity index (χ0n) is 18.4. The predicted molar refractivity (Wildman–Crippen MR) is 121 cm³/mol. The number of hydrogen-bond donors (Lipinski definition) is 1. The Morgan fingerprint density at radius 3 is 1.64 bits per heavy atom. The lowest BCUT2D eigenvalue weighted by Crippen LogP contribution is -2.25. The Hall–Kier alpha value is -1.51. The van der Waals surface area contributed by atoms with Crippen molar-refractivity contribution >= 4 is 11.6 Å². The average molecular weight is 390 g/mol. The molecule has 0 fully saturated rings. The van der Waals surface area contributed by atoms with E-state index >= 15 is 0 Å². The molecular weight excluding hydrogens is 346 g/mol. The van der Waals surface area contributed by atoms with Gasteiger partial charge in [-0.15, -0.1) is 0 Å². The summed E-state index contributed by atoms with van der Waals surface area (Å²) in [5.41, 5.74) is 0.591. The number of phenolic OH excluding ortho intramolecular Hbond substituents is 1. The molecule has 1 aromatic carbocycles. The highest BCUT2D eigenvalue weighted by Gasteiger charge is 2.13. The number of rotatable bonds is 17. The quantitative estimate of drug-likeness (QED) is 0.278. The molecule has 1 amide bonds. The van der Waals surface area contributed by atoms with Gasteiger partial charge in [0, 0.05) is 13.5 Å². The van der Waals surface area contributed by atoms with Crippen LogP contribution in [0.1, 0.15) is 110 Å². The summed E-state index contributed by atoms with van der Waals surface area (Å²) in [5.74, 6) is 0.242. The molecule has 0 aromatic heterocycles. The van der Waals surface area contributed by atoms with E-state index < -0.39 is 0 Å². The minimum absolute atomic E-state index is 0.0798. The van der Waals surface area contributed by atoms with E-state index in [1.165, 1.54) is 83.5 Å². The van der Waals surface area contributed by atoms with Crippen LogP contribution in [0.2, 0.25) is 0 Å². The van der Waals surface area contributed by atoms with Crippen molar-refractivity contribution in [2.45, 2.75) is 110 Å². The number of anilines is 1. The number of amides is 1. The second kappa shape index (κ2) is 16.4. The average Bonchev–Trinajstić information content (AvgIpc) is 2.70. The maximum Gasteiger partial charge on any atom is 0.226 e. The van der Waals surface area contributed by atoms with Crippen LogP contribution < -0.4 is 4.90 Å². The predicted octanol–water partition coefficient (Wildman–Crippen LogP) is 7.62. The lowest BCUT2D eigenvalue weighted by Gasteiger charge is -2.18. The molecule has 0 spiro atoms. The molecule has 1 aromatic rings. The number of hydrogen-bond acceptors (Lipinski definition) is 2. The zero-order valence-corrected chi connectivity index (χ0v) is 18.4. The number of carbonyl (C=O) groups excluding carboxylic acids is 1. The number of unbranched alkanes of at least 4 members (excludes halogenated alkanes) is 14. The van der Waals surface area contributed by atoms with E-state index in [1.54, 1.807) is 30.1 Å². The van der Waals surface area contributed by atoms with Gasteiger partial charge in [0.1, 0.15) is 5.75 Å². The van der Waals surface area contributed by atoms with Gasteiger partial charge in [0.25, 0.3) is 0 Å². The summed E-state index contributed by atoms with van der Waals surface area (Å²) >= 11 is 0. The lowest BCUT2D eigenvalue weighted by molar-refractivity contribution is -0.118. The fourth-order valence-corrected chi connectivity index (χ4v) is 3.70. The molecule has 0 bridgehead atoms. The molecular formula is C25H43NO2. The van der Waals surface area contributed by atoms with Crippen LogP contribution >= 0.6 is 0 Å². The number of carbonyl (C=O) groups is 1. The molecule has 3 heteroatoms. The second-order valence-electron chi connectivity index (χ2n) is 8.14. The summed E-state index contributed by atoms with van der Waals surface area (Å²) in [6.07, 6.45) is 20.5. The fourth-order valence-electron chi connectivity index (χ4n) is 3.70. The normalized spacial score (nSPS) is 10.9. The first-order valence-corrected chi connectivity index (χ1v) is 11.7. The monoisotopic (exact) mass is 389 g/mol. The van der Waals surface area contributed by atoms with E-state index in [4.69, 9.17) is 0 Å². The minimum Gasteiger partial charge on any atom is -0.506 e. The van der Waals surface area contributed by atoms with E-state index in [-0.39, 0.29) is 11.7 Å². The number of benzene rings is 1. The number of para-hydroxylation sites is 2. The van der Waals surface area contributed by atoms with Crippen LogP contribution in [-0.2, 0) is 4.79 Å². The van der Waals surface area contributed by atoms with Crippen LogP contribution in [0.5, 0.6) is 5.75 Å². The van der Waals surface area contributed by atoms with E-state index in [0.717, 1.165) is 12.8 Å². The molecule has 0 unspecified atom stereocenters. The third kappa shape index (κ3) is 11.4. The van der Waals surface area contributed by atoms with Crippen molar-refractivity contribution in [3.8, 4) is 5.75 Å². The van der Waals surface area contributed by atoms with Crippen molar-refractivity contribution in [2.75, 3.05) is 11.9 Å². The highest BCUT2D eigenvalue weighted by atomic mass is 16.3. The third-order valence-corrected chi connectivity index (χ3v) is 5.61. The van der Waals surface area contributed by atoms with Gasteiger partial charge in [-0.2, -0.15) is 0 Å². The first-order chi connectivity index (χ1) is 13.7. The molecule has 3 nitrogen and oxygen atoms in total. The Bertz CT molecular complexity index is 515. The SMILES string of the molecule is CCCCCCCCCCCCCCCCCC(=O)N(C)c1ccccc1O. The molecule has 28 heavy (non-hydrogen) atoms. The van der Waals surface area contributed by atoms with Crippen molar-refractivity contribution in [2.24, 2.45) is 0 Å². The molecule has 0 saturated carbocycles. The van der Waals surface area contributed by atoms with Gasteiger partial charge in [-0.1, -0.05) is 109 Å². The topological polar surface area (TPSA) is 40.5 Å². The summed E-state index contributed by atoms with van der Waals surface area (Å²) < 4.78 is 0. The first-order valence-electron chi connectivity index (χ1n) is 11.7. The van der Waals surface area contributed by atoms with Crippen molar-refractivity contribution < 1.29 is 9.90 Å². The molecule has 0 radical (unpaired) electrons. The number of aromatic hydroxyl groups is 1. The molecule has 160 valence electrons. The molecule has 0 aliphatic heterocycles. The Labute approximate surface area is 173 Å². The van der Waals surface area contributed by atoms with Gasteiger partial charge in [0.05, 0.1) is 5.69 Å². The Kier molecular flexibility index (Phi) is 14.4. The van der Waals surface area contributed by atoms with Crippen LogP contribution in [0.3, 0.4) is 0 Å². The Morgan fingerprint density at radius 2 is 1.18 bits per heavy atom. The lowest BCUT2D eigenvalue weighted by atomic mass is 10.0. The maximum atomic E-state index is 12.2. The van der Waals surface area contributed by atoms with Crippen molar-refractivity contribution in [3.05, 3.63) is 24.3 Å². The molecule has 0 aliphatic carbocycles.